The van der Waals surface area contributed by atoms with Gasteiger partial charge in [0.05, 0.1) is 11.3 Å². The van der Waals surface area contributed by atoms with Crippen molar-refractivity contribution in [1.82, 2.24) is 4.98 Å². The molecule has 0 amide bonds. The summed E-state index contributed by atoms with van der Waals surface area (Å²) in [5, 5.41) is 9.75. The molecule has 2 aromatic rings. The highest BCUT2D eigenvalue weighted by Crippen LogP contribution is 2.36. The molecule has 3 heteroatoms. The van der Waals surface area contributed by atoms with Crippen LogP contribution in [0.5, 0.6) is 0 Å². The summed E-state index contributed by atoms with van der Waals surface area (Å²) in [7, 11) is 0. The van der Waals surface area contributed by atoms with Crippen molar-refractivity contribution in [2.75, 3.05) is 0 Å². The van der Waals surface area contributed by atoms with Gasteiger partial charge in [-0.15, -0.1) is 0 Å². The SMILES string of the molecule is N#Cc1c(Cl)nc(-c2ccc3c(c2)CCC3)c2c1CCCC2. The van der Waals surface area contributed by atoms with Gasteiger partial charge in [-0.1, -0.05) is 23.7 Å². The second kappa shape index (κ2) is 5.41. The molecule has 110 valence electrons. The van der Waals surface area contributed by atoms with Gasteiger partial charge in [0.15, 0.2) is 0 Å². The fourth-order valence-corrected chi connectivity index (χ4v) is 4.10. The van der Waals surface area contributed by atoms with E-state index in [-0.39, 0.29) is 0 Å². The Bertz CT molecular complexity index is 802. The van der Waals surface area contributed by atoms with Crippen LogP contribution in [0.4, 0.5) is 0 Å². The van der Waals surface area contributed by atoms with Gasteiger partial charge in [0.1, 0.15) is 11.2 Å². The van der Waals surface area contributed by atoms with Gasteiger partial charge in [0, 0.05) is 5.56 Å². The third-order valence-electron chi connectivity index (χ3n) is 4.96. The van der Waals surface area contributed by atoms with E-state index >= 15 is 0 Å². The van der Waals surface area contributed by atoms with Crippen LogP contribution in [0.25, 0.3) is 11.3 Å². The van der Waals surface area contributed by atoms with Crippen molar-refractivity contribution in [2.45, 2.75) is 44.9 Å². The number of rotatable bonds is 1. The van der Waals surface area contributed by atoms with Crippen LogP contribution >= 0.6 is 11.6 Å². The molecule has 0 unspecified atom stereocenters. The van der Waals surface area contributed by atoms with E-state index in [0.717, 1.165) is 42.5 Å². The fourth-order valence-electron chi connectivity index (χ4n) is 3.86. The number of halogens is 1. The third-order valence-corrected chi connectivity index (χ3v) is 5.23. The zero-order valence-corrected chi connectivity index (χ0v) is 13.2. The second-order valence-corrected chi connectivity index (χ2v) is 6.60. The molecule has 0 spiro atoms. The van der Waals surface area contributed by atoms with Crippen LogP contribution in [0, 0.1) is 11.3 Å². The molecule has 0 bridgehead atoms. The Morgan fingerprint density at radius 3 is 2.55 bits per heavy atom. The normalized spacial score (nSPS) is 16.0. The van der Waals surface area contributed by atoms with Gasteiger partial charge in [-0.2, -0.15) is 5.26 Å². The molecule has 0 saturated carbocycles. The van der Waals surface area contributed by atoms with Crippen molar-refractivity contribution in [3.63, 3.8) is 0 Å². The van der Waals surface area contributed by atoms with E-state index in [2.05, 4.69) is 29.3 Å². The van der Waals surface area contributed by atoms with Crippen LogP contribution in [-0.4, -0.2) is 4.98 Å². The zero-order valence-electron chi connectivity index (χ0n) is 12.5. The Morgan fingerprint density at radius 1 is 0.955 bits per heavy atom. The average molecular weight is 309 g/mol. The molecule has 1 heterocycles. The zero-order chi connectivity index (χ0) is 15.1. The Balaban J connectivity index is 1.92. The maximum Gasteiger partial charge on any atom is 0.147 e. The summed E-state index contributed by atoms with van der Waals surface area (Å²) >= 11 is 6.30. The number of aryl methyl sites for hydroxylation is 2. The lowest BCUT2D eigenvalue weighted by atomic mass is 9.86. The molecule has 2 aliphatic rings. The van der Waals surface area contributed by atoms with Gasteiger partial charge in [0.2, 0.25) is 0 Å². The van der Waals surface area contributed by atoms with Crippen LogP contribution in [0.1, 0.15) is 47.1 Å². The largest absolute Gasteiger partial charge is 0.234 e. The van der Waals surface area contributed by atoms with E-state index in [9.17, 15) is 5.26 Å². The van der Waals surface area contributed by atoms with Gasteiger partial charge in [-0.05, 0) is 73.3 Å². The molecule has 2 nitrogen and oxygen atoms in total. The van der Waals surface area contributed by atoms with Crippen LogP contribution in [-0.2, 0) is 25.7 Å². The first-order chi connectivity index (χ1) is 10.8. The van der Waals surface area contributed by atoms with Crippen LogP contribution in [0.3, 0.4) is 0 Å². The predicted molar refractivity (Wildman–Crippen MR) is 88.1 cm³/mol. The number of benzene rings is 1. The monoisotopic (exact) mass is 308 g/mol. The third kappa shape index (κ3) is 2.12. The van der Waals surface area contributed by atoms with Crippen molar-refractivity contribution in [2.24, 2.45) is 0 Å². The summed E-state index contributed by atoms with van der Waals surface area (Å²) in [6.45, 7) is 0. The summed E-state index contributed by atoms with van der Waals surface area (Å²) in [5.41, 5.74) is 8.02. The topological polar surface area (TPSA) is 36.7 Å². The maximum atomic E-state index is 9.39. The highest BCUT2D eigenvalue weighted by atomic mass is 35.5. The van der Waals surface area contributed by atoms with Crippen molar-refractivity contribution in [1.29, 1.82) is 5.26 Å². The van der Waals surface area contributed by atoms with Gasteiger partial charge in [-0.3, -0.25) is 0 Å². The molecule has 1 aromatic heterocycles. The maximum absolute atomic E-state index is 9.39. The van der Waals surface area contributed by atoms with Crippen LogP contribution in [0.15, 0.2) is 18.2 Å². The number of nitriles is 1. The van der Waals surface area contributed by atoms with Crippen molar-refractivity contribution in [3.05, 3.63) is 51.2 Å². The van der Waals surface area contributed by atoms with Gasteiger partial charge >= 0.3 is 0 Å². The summed E-state index contributed by atoms with van der Waals surface area (Å²) in [5.74, 6) is 0. The first-order valence-electron chi connectivity index (χ1n) is 8.01. The number of pyridine rings is 1. The summed E-state index contributed by atoms with van der Waals surface area (Å²) in [6.07, 6.45) is 7.84. The number of nitrogens with zero attached hydrogens (tertiary/aromatic N) is 2. The Kier molecular flexibility index (Phi) is 3.39. The lowest BCUT2D eigenvalue weighted by molar-refractivity contribution is 0.682. The molecule has 0 atom stereocenters. The van der Waals surface area contributed by atoms with Crippen LogP contribution < -0.4 is 0 Å². The van der Waals surface area contributed by atoms with E-state index in [1.807, 2.05) is 0 Å². The molecule has 0 fully saturated rings. The predicted octanol–water partition coefficient (Wildman–Crippen LogP) is 4.64. The Labute approximate surface area is 135 Å². The number of hydrogen-bond donors (Lipinski definition) is 0. The first kappa shape index (κ1) is 13.8. The van der Waals surface area contributed by atoms with Crippen molar-refractivity contribution < 1.29 is 0 Å². The second-order valence-electron chi connectivity index (χ2n) is 6.24. The highest BCUT2D eigenvalue weighted by molar-refractivity contribution is 6.30. The lowest BCUT2D eigenvalue weighted by Gasteiger charge is -2.21. The minimum Gasteiger partial charge on any atom is -0.234 e. The molecule has 0 aliphatic heterocycles. The minimum absolute atomic E-state index is 0.360. The summed E-state index contributed by atoms with van der Waals surface area (Å²) in [6, 6.07) is 8.94. The smallest absolute Gasteiger partial charge is 0.147 e. The molecule has 0 N–H and O–H groups in total. The molecular weight excluding hydrogens is 292 g/mol. The van der Waals surface area contributed by atoms with E-state index in [4.69, 9.17) is 11.6 Å². The molecule has 4 rings (SSSR count). The standard InChI is InChI=1S/C19H17ClN2/c20-19-17(11-21)15-6-1-2-7-16(15)18(22-19)14-9-8-12-4-3-5-13(12)10-14/h8-10H,1-7H2. The fraction of sp³-hybridized carbons (Fsp3) is 0.368. The minimum atomic E-state index is 0.360. The van der Waals surface area contributed by atoms with E-state index < -0.39 is 0 Å². The number of hydrogen-bond acceptors (Lipinski definition) is 2. The summed E-state index contributed by atoms with van der Waals surface area (Å²) in [4.78, 5) is 4.60. The molecule has 1 aromatic carbocycles. The molecular formula is C19H17ClN2. The Morgan fingerprint density at radius 2 is 1.73 bits per heavy atom. The molecule has 0 saturated heterocycles. The quantitative estimate of drug-likeness (QED) is 0.719. The number of aromatic nitrogens is 1. The van der Waals surface area contributed by atoms with Crippen molar-refractivity contribution in [3.8, 4) is 17.3 Å². The average Bonchev–Trinajstić information content (AvgIpc) is 3.01. The lowest BCUT2D eigenvalue weighted by Crippen LogP contribution is -2.10. The van der Waals surface area contributed by atoms with E-state index in [1.165, 1.54) is 36.0 Å². The highest BCUT2D eigenvalue weighted by Gasteiger charge is 2.23. The Hall–Kier alpha value is -1.85. The van der Waals surface area contributed by atoms with Crippen LogP contribution in [0.2, 0.25) is 5.15 Å². The molecule has 22 heavy (non-hydrogen) atoms. The molecule has 0 radical (unpaired) electrons. The van der Waals surface area contributed by atoms with Gasteiger partial charge in [0.25, 0.3) is 0 Å². The molecule has 2 aliphatic carbocycles. The van der Waals surface area contributed by atoms with Gasteiger partial charge in [-0.25, -0.2) is 4.98 Å². The van der Waals surface area contributed by atoms with Gasteiger partial charge < -0.3 is 0 Å². The van der Waals surface area contributed by atoms with E-state index in [0.29, 0.717) is 10.7 Å². The number of fused-ring (bicyclic) bond motifs is 2. The van der Waals surface area contributed by atoms with Crippen molar-refractivity contribution >= 4 is 11.6 Å². The summed E-state index contributed by atoms with van der Waals surface area (Å²) < 4.78 is 0. The first-order valence-corrected chi connectivity index (χ1v) is 8.39. The van der Waals surface area contributed by atoms with E-state index in [1.54, 1.807) is 0 Å².